The maximum Gasteiger partial charge on any atom is 0.218 e. The van der Waals surface area contributed by atoms with Crippen molar-refractivity contribution in [3.8, 4) is 6.07 Å². The zero-order valence-electron chi connectivity index (χ0n) is 11.9. The molecule has 0 spiro atoms. The van der Waals surface area contributed by atoms with Crippen LogP contribution in [0.4, 0.5) is 0 Å². The first kappa shape index (κ1) is 15.0. The monoisotopic (exact) mass is 292 g/mol. The number of nitrogens with zero attached hydrogens (tertiary/aromatic N) is 2. The molecule has 0 aliphatic carbocycles. The van der Waals surface area contributed by atoms with Gasteiger partial charge in [-0.15, -0.1) is 0 Å². The molecule has 0 aromatic heterocycles. The van der Waals surface area contributed by atoms with E-state index in [2.05, 4.69) is 19.9 Å². The highest BCUT2D eigenvalue weighted by molar-refractivity contribution is 7.88. The van der Waals surface area contributed by atoms with Crippen molar-refractivity contribution < 1.29 is 8.42 Å². The molecular formula is C15H20N2O2S. The first-order valence-electron chi connectivity index (χ1n) is 6.93. The number of hydrogen-bond acceptors (Lipinski definition) is 3. The summed E-state index contributed by atoms with van der Waals surface area (Å²) in [7, 11) is -3.36. The Labute approximate surface area is 121 Å². The van der Waals surface area contributed by atoms with E-state index in [0.717, 1.165) is 12.8 Å². The summed E-state index contributed by atoms with van der Waals surface area (Å²) < 4.78 is 26.8. The number of rotatable bonds is 4. The van der Waals surface area contributed by atoms with Gasteiger partial charge in [0.25, 0.3) is 0 Å². The van der Waals surface area contributed by atoms with Crippen LogP contribution in [0, 0.1) is 17.2 Å². The van der Waals surface area contributed by atoms with Crippen molar-refractivity contribution in [2.75, 3.05) is 6.54 Å². The van der Waals surface area contributed by atoms with Gasteiger partial charge in [0, 0.05) is 12.6 Å². The zero-order valence-corrected chi connectivity index (χ0v) is 12.7. The first-order chi connectivity index (χ1) is 9.45. The summed E-state index contributed by atoms with van der Waals surface area (Å²) in [5, 5.41) is 9.06. The lowest BCUT2D eigenvalue weighted by Crippen LogP contribution is -2.39. The smallest absolute Gasteiger partial charge is 0.212 e. The van der Waals surface area contributed by atoms with Crippen LogP contribution in [-0.2, 0) is 15.8 Å². The van der Waals surface area contributed by atoms with Gasteiger partial charge in [0.1, 0.15) is 0 Å². The third-order valence-corrected chi connectivity index (χ3v) is 5.69. The maximum absolute atomic E-state index is 12.6. The summed E-state index contributed by atoms with van der Waals surface area (Å²) in [6.45, 7) is 4.71. The predicted molar refractivity (Wildman–Crippen MR) is 78.3 cm³/mol. The summed E-state index contributed by atoms with van der Waals surface area (Å²) >= 11 is 0. The third-order valence-electron chi connectivity index (χ3n) is 3.85. The highest BCUT2D eigenvalue weighted by atomic mass is 32.2. The Balaban J connectivity index is 2.26. The molecule has 0 amide bonds. The fourth-order valence-corrected chi connectivity index (χ4v) is 4.79. The molecule has 1 unspecified atom stereocenters. The molecule has 1 aromatic carbocycles. The van der Waals surface area contributed by atoms with E-state index in [9.17, 15) is 8.42 Å². The van der Waals surface area contributed by atoms with Crippen molar-refractivity contribution in [3.05, 3.63) is 35.4 Å². The van der Waals surface area contributed by atoms with Crippen molar-refractivity contribution in [3.63, 3.8) is 0 Å². The van der Waals surface area contributed by atoms with E-state index >= 15 is 0 Å². The van der Waals surface area contributed by atoms with Gasteiger partial charge in [-0.2, -0.15) is 9.57 Å². The molecule has 2 rings (SSSR count). The Morgan fingerprint density at radius 2 is 2.10 bits per heavy atom. The van der Waals surface area contributed by atoms with Crippen LogP contribution in [-0.4, -0.2) is 25.3 Å². The summed E-state index contributed by atoms with van der Waals surface area (Å²) in [6, 6.07) is 9.06. The Morgan fingerprint density at radius 1 is 1.40 bits per heavy atom. The van der Waals surface area contributed by atoms with Crippen LogP contribution in [0.1, 0.15) is 37.8 Å². The maximum atomic E-state index is 12.6. The van der Waals surface area contributed by atoms with Crippen LogP contribution in [0.15, 0.2) is 24.3 Å². The van der Waals surface area contributed by atoms with Gasteiger partial charge in [-0.05, 0) is 30.4 Å². The van der Waals surface area contributed by atoms with Gasteiger partial charge in [-0.3, -0.25) is 0 Å². The Morgan fingerprint density at radius 3 is 2.75 bits per heavy atom. The quantitative estimate of drug-likeness (QED) is 0.856. The minimum absolute atomic E-state index is 0.0834. The Kier molecular flexibility index (Phi) is 4.46. The van der Waals surface area contributed by atoms with Gasteiger partial charge in [0.2, 0.25) is 10.0 Å². The lowest BCUT2D eigenvalue weighted by Gasteiger charge is -2.27. The Bertz CT molecular complexity index is 617. The van der Waals surface area contributed by atoms with Crippen LogP contribution < -0.4 is 0 Å². The molecule has 1 atom stereocenters. The highest BCUT2D eigenvalue weighted by Gasteiger charge is 2.35. The minimum Gasteiger partial charge on any atom is -0.212 e. The summed E-state index contributed by atoms with van der Waals surface area (Å²) in [5.74, 6) is 0.235. The average Bonchev–Trinajstić information content (AvgIpc) is 2.89. The molecule has 1 aliphatic heterocycles. The first-order valence-corrected chi connectivity index (χ1v) is 8.54. The van der Waals surface area contributed by atoms with Crippen LogP contribution in [0.5, 0.6) is 0 Å². The molecule has 1 heterocycles. The van der Waals surface area contributed by atoms with Crippen molar-refractivity contribution in [1.29, 1.82) is 5.26 Å². The largest absolute Gasteiger partial charge is 0.218 e. The van der Waals surface area contributed by atoms with Crippen LogP contribution in [0.25, 0.3) is 0 Å². The average molecular weight is 292 g/mol. The zero-order chi connectivity index (χ0) is 14.8. The van der Waals surface area contributed by atoms with Gasteiger partial charge in [-0.1, -0.05) is 32.0 Å². The van der Waals surface area contributed by atoms with Gasteiger partial charge in [0.15, 0.2) is 0 Å². The van der Waals surface area contributed by atoms with Crippen LogP contribution in [0.3, 0.4) is 0 Å². The molecule has 0 radical (unpaired) electrons. The molecule has 0 saturated carbocycles. The molecule has 108 valence electrons. The summed E-state index contributed by atoms with van der Waals surface area (Å²) in [6.07, 6.45) is 1.85. The molecule has 5 heteroatoms. The van der Waals surface area contributed by atoms with E-state index < -0.39 is 10.0 Å². The molecular weight excluding hydrogens is 272 g/mol. The molecule has 1 aliphatic rings. The molecule has 0 bridgehead atoms. The number of hydrogen-bond donors (Lipinski definition) is 0. The number of sulfonamides is 1. The van der Waals surface area contributed by atoms with E-state index in [1.165, 1.54) is 0 Å². The van der Waals surface area contributed by atoms with Crippen molar-refractivity contribution in [1.82, 2.24) is 4.31 Å². The van der Waals surface area contributed by atoms with Gasteiger partial charge < -0.3 is 0 Å². The summed E-state index contributed by atoms with van der Waals surface area (Å²) in [5.41, 5.74) is 1.03. The second-order valence-electron chi connectivity index (χ2n) is 5.59. The van der Waals surface area contributed by atoms with E-state index in [0.29, 0.717) is 23.6 Å². The molecule has 4 nitrogen and oxygen atoms in total. The second kappa shape index (κ2) is 5.94. The SMILES string of the molecule is CC(C)C1CCCN1S(=O)(=O)Cc1ccccc1C#N. The molecule has 1 saturated heterocycles. The highest BCUT2D eigenvalue weighted by Crippen LogP contribution is 2.28. The summed E-state index contributed by atoms with van der Waals surface area (Å²) in [4.78, 5) is 0. The van der Waals surface area contributed by atoms with Crippen molar-refractivity contribution in [2.45, 2.75) is 38.5 Å². The molecule has 20 heavy (non-hydrogen) atoms. The van der Waals surface area contributed by atoms with E-state index in [1.807, 2.05) is 0 Å². The Hall–Kier alpha value is -1.38. The lowest BCUT2D eigenvalue weighted by molar-refractivity contribution is 0.315. The van der Waals surface area contributed by atoms with E-state index in [-0.39, 0.29) is 11.8 Å². The van der Waals surface area contributed by atoms with Crippen molar-refractivity contribution >= 4 is 10.0 Å². The third kappa shape index (κ3) is 3.02. The lowest BCUT2D eigenvalue weighted by atomic mass is 10.0. The number of nitriles is 1. The van der Waals surface area contributed by atoms with Crippen LogP contribution in [0.2, 0.25) is 0 Å². The molecule has 1 fully saturated rings. The van der Waals surface area contributed by atoms with Gasteiger partial charge in [0.05, 0.1) is 17.4 Å². The second-order valence-corrected chi connectivity index (χ2v) is 7.51. The van der Waals surface area contributed by atoms with Crippen LogP contribution >= 0.6 is 0 Å². The molecule has 1 aromatic rings. The fourth-order valence-electron chi connectivity index (χ4n) is 2.81. The predicted octanol–water partition coefficient (Wildman–Crippen LogP) is 2.51. The van der Waals surface area contributed by atoms with Gasteiger partial charge in [-0.25, -0.2) is 8.42 Å². The molecule has 0 N–H and O–H groups in total. The minimum atomic E-state index is -3.36. The standard InChI is InChI=1S/C15H20N2O2S/c1-12(2)15-8-5-9-17(15)20(18,19)11-14-7-4-3-6-13(14)10-16/h3-4,6-7,12,15H,5,8-9,11H2,1-2H3. The number of benzene rings is 1. The normalized spacial score (nSPS) is 20.2. The van der Waals surface area contributed by atoms with E-state index in [1.54, 1.807) is 28.6 Å². The van der Waals surface area contributed by atoms with E-state index in [4.69, 9.17) is 5.26 Å². The topological polar surface area (TPSA) is 61.2 Å². The fraction of sp³-hybridized carbons (Fsp3) is 0.533. The van der Waals surface area contributed by atoms with Gasteiger partial charge >= 0.3 is 0 Å². The van der Waals surface area contributed by atoms with Crippen molar-refractivity contribution in [2.24, 2.45) is 5.92 Å².